The third-order valence-electron chi connectivity index (χ3n) is 3.44. The van der Waals surface area contributed by atoms with E-state index in [2.05, 4.69) is 0 Å². The highest BCUT2D eigenvalue weighted by Crippen LogP contribution is 2.19. The molecule has 0 spiro atoms. The number of carbonyl (C=O) groups excluding carboxylic acids is 1. The topological polar surface area (TPSA) is 57.6 Å². The van der Waals surface area contributed by atoms with E-state index in [4.69, 9.17) is 16.7 Å². The van der Waals surface area contributed by atoms with Crippen molar-refractivity contribution in [2.45, 2.75) is 12.8 Å². The number of benzene rings is 1. The third kappa shape index (κ3) is 4.04. The van der Waals surface area contributed by atoms with E-state index < -0.39 is 17.7 Å². The van der Waals surface area contributed by atoms with Crippen LogP contribution in [0.5, 0.6) is 0 Å². The molecule has 0 saturated carbocycles. The summed E-state index contributed by atoms with van der Waals surface area (Å²) in [6.45, 7) is 0.778. The molecule has 0 aliphatic carbocycles. The maximum atomic E-state index is 13.0. The molecule has 21 heavy (non-hydrogen) atoms. The van der Waals surface area contributed by atoms with Crippen molar-refractivity contribution in [2.24, 2.45) is 5.92 Å². The van der Waals surface area contributed by atoms with Gasteiger partial charge in [-0.05, 0) is 36.6 Å². The van der Waals surface area contributed by atoms with Crippen LogP contribution in [0.15, 0.2) is 24.3 Å². The molecule has 1 aliphatic rings. The van der Waals surface area contributed by atoms with Gasteiger partial charge in [0, 0.05) is 19.2 Å². The first kappa shape index (κ1) is 15.5. The molecule has 1 aliphatic heterocycles. The predicted octanol–water partition coefficient (Wildman–Crippen LogP) is 2.82. The first-order valence-electron chi connectivity index (χ1n) is 6.62. The second kappa shape index (κ2) is 6.72. The van der Waals surface area contributed by atoms with Crippen molar-refractivity contribution in [3.8, 4) is 0 Å². The van der Waals surface area contributed by atoms with Gasteiger partial charge in [-0.3, -0.25) is 9.59 Å². The molecule has 1 fully saturated rings. The summed E-state index contributed by atoms with van der Waals surface area (Å²) in [6.07, 6.45) is 4.17. The van der Waals surface area contributed by atoms with E-state index >= 15 is 0 Å². The fourth-order valence-electron chi connectivity index (χ4n) is 2.27. The van der Waals surface area contributed by atoms with Crippen molar-refractivity contribution in [1.82, 2.24) is 4.90 Å². The van der Waals surface area contributed by atoms with Gasteiger partial charge in [-0.15, -0.1) is 0 Å². The zero-order valence-corrected chi connectivity index (χ0v) is 12.0. The van der Waals surface area contributed by atoms with Gasteiger partial charge in [0.15, 0.2) is 0 Å². The van der Waals surface area contributed by atoms with Gasteiger partial charge in [0.2, 0.25) is 5.91 Å². The molecule has 1 saturated heterocycles. The second-order valence-electron chi connectivity index (χ2n) is 4.97. The monoisotopic (exact) mass is 311 g/mol. The Kier molecular flexibility index (Phi) is 4.96. The Bertz CT molecular complexity index is 588. The first-order chi connectivity index (χ1) is 9.97. The van der Waals surface area contributed by atoms with Crippen molar-refractivity contribution in [3.05, 3.63) is 40.7 Å². The number of carboxylic acid groups (broad SMARTS) is 1. The van der Waals surface area contributed by atoms with Crippen LogP contribution in [0.2, 0.25) is 5.02 Å². The Morgan fingerprint density at radius 2 is 2.19 bits per heavy atom. The normalized spacial score (nSPS) is 19.0. The minimum Gasteiger partial charge on any atom is -0.481 e. The Labute approximate surface area is 126 Å². The Balaban J connectivity index is 2.01. The van der Waals surface area contributed by atoms with Gasteiger partial charge in [0.1, 0.15) is 5.82 Å². The van der Waals surface area contributed by atoms with Gasteiger partial charge in [0.25, 0.3) is 0 Å². The minimum absolute atomic E-state index is 0.00601. The molecular formula is C15H15ClFNO3. The van der Waals surface area contributed by atoms with Crippen molar-refractivity contribution in [3.63, 3.8) is 0 Å². The summed E-state index contributed by atoms with van der Waals surface area (Å²) in [5.74, 6) is -2.14. The van der Waals surface area contributed by atoms with Gasteiger partial charge >= 0.3 is 5.97 Å². The maximum Gasteiger partial charge on any atom is 0.308 e. The summed E-state index contributed by atoms with van der Waals surface area (Å²) in [7, 11) is 0. The molecule has 1 N–H and O–H groups in total. The molecule has 1 amide bonds. The van der Waals surface area contributed by atoms with Gasteiger partial charge in [-0.25, -0.2) is 4.39 Å². The van der Waals surface area contributed by atoms with Crippen molar-refractivity contribution in [2.75, 3.05) is 13.1 Å². The zero-order chi connectivity index (χ0) is 15.4. The SMILES string of the molecule is O=C(O)C1CCCN(C(=O)/C=C/c2ccc(F)c(Cl)c2)C1. The van der Waals surface area contributed by atoms with Gasteiger partial charge in [-0.1, -0.05) is 17.7 Å². The smallest absolute Gasteiger partial charge is 0.308 e. The number of likely N-dealkylation sites (tertiary alicyclic amines) is 1. The van der Waals surface area contributed by atoms with Crippen LogP contribution in [0, 0.1) is 11.7 Å². The van der Waals surface area contributed by atoms with Crippen LogP contribution < -0.4 is 0 Å². The molecular weight excluding hydrogens is 297 g/mol. The molecule has 1 aromatic rings. The van der Waals surface area contributed by atoms with E-state index in [9.17, 15) is 14.0 Å². The van der Waals surface area contributed by atoms with E-state index in [1.165, 1.54) is 35.3 Å². The number of amides is 1. The lowest BCUT2D eigenvalue weighted by molar-refractivity contribution is -0.144. The quantitative estimate of drug-likeness (QED) is 0.873. The molecule has 1 heterocycles. The zero-order valence-electron chi connectivity index (χ0n) is 11.3. The summed E-state index contributed by atoms with van der Waals surface area (Å²) < 4.78 is 13.0. The summed E-state index contributed by atoms with van der Waals surface area (Å²) in [4.78, 5) is 24.5. The van der Waals surface area contributed by atoms with Gasteiger partial charge < -0.3 is 10.0 Å². The highest BCUT2D eigenvalue weighted by atomic mass is 35.5. The van der Waals surface area contributed by atoms with Crippen LogP contribution in [-0.2, 0) is 9.59 Å². The van der Waals surface area contributed by atoms with Crippen LogP contribution in [0.3, 0.4) is 0 Å². The Morgan fingerprint density at radius 3 is 2.86 bits per heavy atom. The van der Waals surface area contributed by atoms with Gasteiger partial charge in [0.05, 0.1) is 10.9 Å². The lowest BCUT2D eigenvalue weighted by Gasteiger charge is -2.29. The summed E-state index contributed by atoms with van der Waals surface area (Å²) in [5, 5.41) is 8.99. The van der Waals surface area contributed by atoms with Crippen molar-refractivity contribution in [1.29, 1.82) is 0 Å². The molecule has 112 valence electrons. The number of hydrogen-bond donors (Lipinski definition) is 1. The number of hydrogen-bond acceptors (Lipinski definition) is 2. The molecule has 2 rings (SSSR count). The van der Waals surface area contributed by atoms with Crippen molar-refractivity contribution >= 4 is 29.6 Å². The van der Waals surface area contributed by atoms with Crippen LogP contribution in [0.1, 0.15) is 18.4 Å². The summed E-state index contributed by atoms with van der Waals surface area (Å²) >= 11 is 5.66. The molecule has 6 heteroatoms. The molecule has 0 aromatic heterocycles. The van der Waals surface area contributed by atoms with Crippen LogP contribution >= 0.6 is 11.6 Å². The van der Waals surface area contributed by atoms with E-state index in [-0.39, 0.29) is 17.5 Å². The molecule has 4 nitrogen and oxygen atoms in total. The van der Waals surface area contributed by atoms with Crippen molar-refractivity contribution < 1.29 is 19.1 Å². The molecule has 1 unspecified atom stereocenters. The largest absolute Gasteiger partial charge is 0.481 e. The number of aliphatic carboxylic acids is 1. The standard InChI is InChI=1S/C15H15ClFNO3/c16-12-8-10(3-5-13(12)17)4-6-14(19)18-7-1-2-11(9-18)15(20)21/h3-6,8,11H,1-2,7,9H2,(H,20,21)/b6-4+. The Morgan fingerprint density at radius 1 is 1.43 bits per heavy atom. The number of carbonyl (C=O) groups is 2. The van der Waals surface area contributed by atoms with E-state index in [0.29, 0.717) is 24.9 Å². The minimum atomic E-state index is -0.873. The number of nitrogens with zero attached hydrogens (tertiary/aromatic N) is 1. The summed E-state index contributed by atoms with van der Waals surface area (Å²) in [5.41, 5.74) is 0.613. The van der Waals surface area contributed by atoms with E-state index in [0.717, 1.165) is 0 Å². The average molecular weight is 312 g/mol. The fourth-order valence-corrected chi connectivity index (χ4v) is 2.46. The third-order valence-corrected chi connectivity index (χ3v) is 3.73. The second-order valence-corrected chi connectivity index (χ2v) is 5.38. The number of piperidine rings is 1. The van der Waals surface area contributed by atoms with Crippen LogP contribution in [0.4, 0.5) is 4.39 Å². The number of halogens is 2. The summed E-state index contributed by atoms with van der Waals surface area (Å²) in [6, 6.07) is 4.17. The molecule has 0 radical (unpaired) electrons. The van der Waals surface area contributed by atoms with Gasteiger partial charge in [-0.2, -0.15) is 0 Å². The number of carboxylic acids is 1. The van der Waals surface area contributed by atoms with E-state index in [1.807, 2.05) is 0 Å². The highest BCUT2D eigenvalue weighted by Gasteiger charge is 2.27. The Hall–Kier alpha value is -1.88. The predicted molar refractivity (Wildman–Crippen MR) is 77.4 cm³/mol. The van der Waals surface area contributed by atoms with Crippen LogP contribution in [-0.4, -0.2) is 35.0 Å². The lowest BCUT2D eigenvalue weighted by Crippen LogP contribution is -2.41. The fraction of sp³-hybridized carbons (Fsp3) is 0.333. The maximum absolute atomic E-state index is 13.0. The highest BCUT2D eigenvalue weighted by molar-refractivity contribution is 6.30. The van der Waals surface area contributed by atoms with E-state index in [1.54, 1.807) is 0 Å². The molecule has 1 aromatic carbocycles. The number of rotatable bonds is 3. The first-order valence-corrected chi connectivity index (χ1v) is 7.00. The molecule has 1 atom stereocenters. The molecule has 0 bridgehead atoms. The lowest BCUT2D eigenvalue weighted by atomic mass is 9.98. The average Bonchev–Trinajstić information content (AvgIpc) is 2.48. The van der Waals surface area contributed by atoms with Crippen LogP contribution in [0.25, 0.3) is 6.08 Å².